The number of halogens is 2. The summed E-state index contributed by atoms with van der Waals surface area (Å²) in [6, 6.07) is 8.65. The van der Waals surface area contributed by atoms with E-state index in [1.54, 1.807) is 18.2 Å². The van der Waals surface area contributed by atoms with E-state index in [9.17, 15) is 9.18 Å². The molecule has 1 N–H and O–H groups in total. The predicted octanol–water partition coefficient (Wildman–Crippen LogP) is 3.75. The van der Waals surface area contributed by atoms with E-state index in [4.69, 9.17) is 21.1 Å². The Morgan fingerprint density at radius 1 is 1.19 bits per heavy atom. The third-order valence-corrected chi connectivity index (χ3v) is 3.12. The fraction of sp³-hybridized carbons (Fsp3) is 0.133. The van der Waals surface area contributed by atoms with E-state index in [-0.39, 0.29) is 11.3 Å². The van der Waals surface area contributed by atoms with Gasteiger partial charge in [-0.1, -0.05) is 17.7 Å². The molecule has 4 nitrogen and oxygen atoms in total. The van der Waals surface area contributed by atoms with Crippen molar-refractivity contribution in [3.63, 3.8) is 0 Å². The number of hydrogen-bond donors (Lipinski definition) is 1. The van der Waals surface area contributed by atoms with Gasteiger partial charge in [0.1, 0.15) is 11.6 Å². The van der Waals surface area contributed by atoms with Crippen LogP contribution in [0.25, 0.3) is 0 Å². The van der Waals surface area contributed by atoms with Gasteiger partial charge >= 0.3 is 0 Å². The lowest BCUT2D eigenvalue weighted by Gasteiger charge is -2.13. The molecule has 6 heteroatoms. The summed E-state index contributed by atoms with van der Waals surface area (Å²) in [5, 5.41) is 2.99. The highest BCUT2D eigenvalue weighted by atomic mass is 35.5. The molecule has 2 rings (SSSR count). The molecule has 0 aliphatic rings. The predicted molar refractivity (Wildman–Crippen MR) is 78.9 cm³/mol. The molecule has 2 aromatic carbocycles. The van der Waals surface area contributed by atoms with E-state index in [1.165, 1.54) is 26.4 Å². The summed E-state index contributed by atoms with van der Waals surface area (Å²) in [7, 11) is 2.85. The van der Waals surface area contributed by atoms with Gasteiger partial charge in [-0.05, 0) is 30.3 Å². The summed E-state index contributed by atoms with van der Waals surface area (Å²) in [6.07, 6.45) is 0. The van der Waals surface area contributed by atoms with Gasteiger partial charge in [0.2, 0.25) is 0 Å². The van der Waals surface area contributed by atoms with Crippen molar-refractivity contribution in [3.8, 4) is 11.5 Å². The van der Waals surface area contributed by atoms with Crippen LogP contribution in [-0.4, -0.2) is 20.1 Å². The monoisotopic (exact) mass is 309 g/mol. The lowest BCUT2D eigenvalue weighted by molar-refractivity contribution is 0.102. The smallest absolute Gasteiger partial charge is 0.259 e. The average molecular weight is 310 g/mol. The zero-order valence-corrected chi connectivity index (χ0v) is 12.2. The number of anilines is 1. The number of ether oxygens (including phenoxy) is 2. The number of amides is 1. The van der Waals surface area contributed by atoms with Crippen molar-refractivity contribution in [2.45, 2.75) is 0 Å². The largest absolute Gasteiger partial charge is 0.496 e. The summed E-state index contributed by atoms with van der Waals surface area (Å²) in [6.45, 7) is 0. The molecule has 0 aromatic heterocycles. The minimum atomic E-state index is -0.529. The molecule has 0 aliphatic heterocycles. The molecule has 0 radical (unpaired) electrons. The summed E-state index contributed by atoms with van der Waals surface area (Å²) < 4.78 is 23.5. The van der Waals surface area contributed by atoms with Crippen LogP contribution in [0.1, 0.15) is 10.4 Å². The Morgan fingerprint density at radius 3 is 2.62 bits per heavy atom. The Morgan fingerprint density at radius 2 is 1.95 bits per heavy atom. The first-order chi connectivity index (χ1) is 10.1. The Balaban J connectivity index is 2.35. The minimum absolute atomic E-state index is 0.0829. The molecule has 21 heavy (non-hydrogen) atoms. The molecule has 0 spiro atoms. The molecule has 0 fully saturated rings. The number of hydrogen-bond acceptors (Lipinski definition) is 3. The second kappa shape index (κ2) is 6.45. The van der Waals surface area contributed by atoms with Crippen LogP contribution in [0.4, 0.5) is 10.1 Å². The van der Waals surface area contributed by atoms with Crippen LogP contribution in [0, 0.1) is 5.82 Å². The molecular weight excluding hydrogens is 297 g/mol. The molecule has 0 unspecified atom stereocenters. The molecule has 0 saturated heterocycles. The molecule has 110 valence electrons. The Labute approximate surface area is 126 Å². The maximum Gasteiger partial charge on any atom is 0.259 e. The van der Waals surface area contributed by atoms with Crippen molar-refractivity contribution < 1.29 is 18.7 Å². The molecule has 0 bridgehead atoms. The molecule has 1 amide bonds. The van der Waals surface area contributed by atoms with Gasteiger partial charge in [0.25, 0.3) is 5.91 Å². The van der Waals surface area contributed by atoms with Crippen LogP contribution < -0.4 is 14.8 Å². The summed E-state index contributed by atoms with van der Waals surface area (Å²) in [5.74, 6) is -0.441. The standard InChI is InChI=1S/C15H13ClFNO3/c1-20-13-7-6-9(17)8-10(13)15(19)18-12-5-3-4-11(16)14(12)21-2/h3-8H,1-2H3,(H,18,19). The molecule has 0 aliphatic carbocycles. The Bertz CT molecular complexity index is 676. The minimum Gasteiger partial charge on any atom is -0.496 e. The number of rotatable bonds is 4. The van der Waals surface area contributed by atoms with Gasteiger partial charge in [-0.15, -0.1) is 0 Å². The number of carbonyl (C=O) groups excluding carboxylic acids is 1. The first-order valence-electron chi connectivity index (χ1n) is 6.04. The molecule has 0 atom stereocenters. The quantitative estimate of drug-likeness (QED) is 0.935. The average Bonchev–Trinajstić information content (AvgIpc) is 2.47. The van der Waals surface area contributed by atoms with Gasteiger partial charge in [0.15, 0.2) is 5.75 Å². The highest BCUT2D eigenvalue weighted by molar-refractivity contribution is 6.32. The maximum atomic E-state index is 13.3. The molecular formula is C15H13ClFNO3. The summed E-state index contributed by atoms with van der Waals surface area (Å²) in [5.41, 5.74) is 0.473. The van der Waals surface area contributed by atoms with Gasteiger partial charge in [-0.2, -0.15) is 0 Å². The van der Waals surface area contributed by atoms with Gasteiger partial charge < -0.3 is 14.8 Å². The second-order valence-corrected chi connectivity index (χ2v) is 4.53. The highest BCUT2D eigenvalue weighted by Gasteiger charge is 2.16. The Hall–Kier alpha value is -2.27. The maximum absolute atomic E-state index is 13.3. The van der Waals surface area contributed by atoms with Gasteiger partial charge in [-0.3, -0.25) is 4.79 Å². The normalized spacial score (nSPS) is 10.1. The lowest BCUT2D eigenvalue weighted by atomic mass is 10.1. The lowest BCUT2D eigenvalue weighted by Crippen LogP contribution is -2.14. The number of para-hydroxylation sites is 1. The van der Waals surface area contributed by atoms with E-state index in [0.717, 1.165) is 6.07 Å². The first kappa shape index (κ1) is 15.1. The van der Waals surface area contributed by atoms with E-state index in [1.807, 2.05) is 0 Å². The van der Waals surface area contributed by atoms with E-state index >= 15 is 0 Å². The summed E-state index contributed by atoms with van der Waals surface area (Å²) in [4.78, 5) is 12.3. The van der Waals surface area contributed by atoms with Crippen molar-refractivity contribution >= 4 is 23.2 Å². The van der Waals surface area contributed by atoms with Crippen LogP contribution >= 0.6 is 11.6 Å². The van der Waals surface area contributed by atoms with Crippen molar-refractivity contribution in [2.24, 2.45) is 0 Å². The van der Waals surface area contributed by atoms with E-state index in [2.05, 4.69) is 5.32 Å². The van der Waals surface area contributed by atoms with Crippen LogP contribution in [0.2, 0.25) is 5.02 Å². The Kier molecular flexibility index (Phi) is 4.65. The van der Waals surface area contributed by atoms with E-state index < -0.39 is 11.7 Å². The van der Waals surface area contributed by atoms with E-state index in [0.29, 0.717) is 16.5 Å². The van der Waals surface area contributed by atoms with Crippen molar-refractivity contribution in [2.75, 3.05) is 19.5 Å². The molecule has 0 heterocycles. The van der Waals surface area contributed by atoms with Crippen LogP contribution in [-0.2, 0) is 0 Å². The van der Waals surface area contributed by atoms with Gasteiger partial charge in [0.05, 0.1) is 30.5 Å². The summed E-state index contributed by atoms with van der Waals surface area (Å²) >= 11 is 5.98. The third kappa shape index (κ3) is 3.25. The number of methoxy groups -OCH3 is 2. The molecule has 2 aromatic rings. The van der Waals surface area contributed by atoms with Crippen molar-refractivity contribution in [3.05, 3.63) is 52.8 Å². The van der Waals surface area contributed by atoms with Crippen LogP contribution in [0.15, 0.2) is 36.4 Å². The van der Waals surface area contributed by atoms with Crippen molar-refractivity contribution in [1.29, 1.82) is 0 Å². The van der Waals surface area contributed by atoms with Crippen LogP contribution in [0.5, 0.6) is 11.5 Å². The topological polar surface area (TPSA) is 47.6 Å². The van der Waals surface area contributed by atoms with Gasteiger partial charge in [-0.25, -0.2) is 4.39 Å². The number of benzene rings is 2. The first-order valence-corrected chi connectivity index (χ1v) is 6.42. The van der Waals surface area contributed by atoms with Crippen molar-refractivity contribution in [1.82, 2.24) is 0 Å². The number of nitrogens with one attached hydrogen (secondary N) is 1. The second-order valence-electron chi connectivity index (χ2n) is 4.12. The number of carbonyl (C=O) groups is 1. The zero-order valence-electron chi connectivity index (χ0n) is 11.4. The van der Waals surface area contributed by atoms with Gasteiger partial charge in [0, 0.05) is 0 Å². The third-order valence-electron chi connectivity index (χ3n) is 2.83. The zero-order chi connectivity index (χ0) is 15.4. The fourth-order valence-corrected chi connectivity index (χ4v) is 2.11. The SMILES string of the molecule is COc1ccc(F)cc1C(=O)Nc1cccc(Cl)c1OC. The van der Waals surface area contributed by atoms with Crippen LogP contribution in [0.3, 0.4) is 0 Å². The fourth-order valence-electron chi connectivity index (χ4n) is 1.86. The molecule has 0 saturated carbocycles. The highest BCUT2D eigenvalue weighted by Crippen LogP contribution is 2.33.